The second kappa shape index (κ2) is 21.9. The molecule has 0 bridgehead atoms. The van der Waals surface area contributed by atoms with E-state index in [-0.39, 0.29) is 0 Å². The molecular formula is C100H61N3O2. The molecule has 0 atom stereocenters. The third kappa shape index (κ3) is 7.96. The minimum atomic E-state index is -0.675. The molecule has 3 heterocycles. The van der Waals surface area contributed by atoms with Crippen molar-refractivity contribution >= 4 is 88.6 Å². The average Bonchev–Trinajstić information content (AvgIpc) is 1.50. The van der Waals surface area contributed by atoms with Gasteiger partial charge in [0.25, 0.3) is 0 Å². The Morgan fingerprint density at radius 2 is 0.724 bits per heavy atom. The molecule has 0 N–H and O–H groups in total. The van der Waals surface area contributed by atoms with Gasteiger partial charge in [-0.1, -0.05) is 255 Å². The lowest BCUT2D eigenvalue weighted by Gasteiger charge is -2.32. The molecule has 3 aromatic heterocycles. The maximum absolute atomic E-state index is 7.46. The van der Waals surface area contributed by atoms with Gasteiger partial charge in [-0.2, -0.15) is 0 Å². The topological polar surface area (TPSA) is 37.7 Å². The number of hydrogen-bond acceptors (Lipinski definition) is 4. The van der Waals surface area contributed by atoms with Crippen LogP contribution in [0.4, 0.5) is 34.1 Å². The summed E-state index contributed by atoms with van der Waals surface area (Å²) in [6.07, 6.45) is 0. The number of fused-ring (bicyclic) bond motifs is 28. The van der Waals surface area contributed by atoms with Crippen molar-refractivity contribution in [2.75, 3.05) is 9.80 Å². The van der Waals surface area contributed by atoms with Gasteiger partial charge in [-0.15, -0.1) is 0 Å². The van der Waals surface area contributed by atoms with Gasteiger partial charge in [0.15, 0.2) is 0 Å². The molecule has 0 aliphatic heterocycles. The SMILES string of the molecule is c1ccc(N(c2ccc3c(c2)-c2c(oc4ccccc24)C32c3ccccc3-c3ccccc32)c2ccc3cc(-c4ccc5c6c(oc5c4)-c4cccc(-c5ccc(N(c7ccccc7)c7ccc8c(c7)c7ccccc7n8-c7ccccc7)cc5)c4C64c5ccccc5-c5ccccc54)ccc3c2)cc1. The van der Waals surface area contributed by atoms with Crippen molar-refractivity contribution in [3.8, 4) is 72.6 Å². The highest BCUT2D eigenvalue weighted by molar-refractivity contribution is 6.12. The minimum Gasteiger partial charge on any atom is -0.459 e. The Labute approximate surface area is 606 Å². The van der Waals surface area contributed by atoms with Gasteiger partial charge in [0, 0.05) is 78.0 Å². The van der Waals surface area contributed by atoms with E-state index < -0.39 is 10.8 Å². The normalized spacial score (nSPS) is 13.5. The lowest BCUT2D eigenvalue weighted by atomic mass is 9.68. The van der Waals surface area contributed by atoms with E-state index in [1.807, 2.05) is 0 Å². The number of hydrogen-bond donors (Lipinski definition) is 0. The Bertz CT molecular complexity index is 6770. The molecular weight excluding hydrogens is 1280 g/mol. The summed E-state index contributed by atoms with van der Waals surface area (Å²) >= 11 is 0. The molecule has 0 saturated heterocycles. The van der Waals surface area contributed by atoms with Gasteiger partial charge in [-0.05, 0) is 209 Å². The molecule has 4 aliphatic rings. The fraction of sp³-hybridized carbons (Fsp3) is 0.0200. The predicted molar refractivity (Wildman–Crippen MR) is 431 cm³/mol. The van der Waals surface area contributed by atoms with Gasteiger partial charge < -0.3 is 23.2 Å². The van der Waals surface area contributed by atoms with Crippen LogP contribution >= 0.6 is 0 Å². The summed E-state index contributed by atoms with van der Waals surface area (Å²) in [5.41, 5.74) is 32.2. The fourth-order valence-electron chi connectivity index (χ4n) is 19.1. The van der Waals surface area contributed by atoms with E-state index >= 15 is 0 Å². The minimum absolute atomic E-state index is 0.599. The molecule has 4 aliphatic carbocycles. The number of benzene rings is 16. The zero-order chi connectivity index (χ0) is 68.6. The van der Waals surface area contributed by atoms with Crippen LogP contribution in [0.2, 0.25) is 0 Å². The molecule has 23 rings (SSSR count). The highest BCUT2D eigenvalue weighted by atomic mass is 16.3. The first-order chi connectivity index (χ1) is 52.1. The summed E-state index contributed by atoms with van der Waals surface area (Å²) < 4.78 is 17.0. The average molecular weight is 1340 g/mol. The molecule has 0 radical (unpaired) electrons. The Balaban J connectivity index is 0.625. The maximum atomic E-state index is 7.46. The number of para-hydroxylation sites is 5. The second-order valence-corrected chi connectivity index (χ2v) is 28.5. The van der Waals surface area contributed by atoms with E-state index in [1.165, 1.54) is 99.7 Å². The summed E-state index contributed by atoms with van der Waals surface area (Å²) in [6, 6.07) is 136. The number of furan rings is 2. The van der Waals surface area contributed by atoms with E-state index in [1.54, 1.807) is 0 Å². The molecule has 0 fully saturated rings. The van der Waals surface area contributed by atoms with Crippen LogP contribution in [0.1, 0.15) is 44.7 Å². The van der Waals surface area contributed by atoms with Crippen LogP contribution in [0.15, 0.2) is 379 Å². The third-order valence-electron chi connectivity index (χ3n) is 23.3. The number of aromatic nitrogens is 1. The molecule has 5 nitrogen and oxygen atoms in total. The smallest absolute Gasteiger partial charge is 0.140 e. The van der Waals surface area contributed by atoms with Crippen molar-refractivity contribution in [2.24, 2.45) is 0 Å². The lowest BCUT2D eigenvalue weighted by Crippen LogP contribution is -2.26. The van der Waals surface area contributed by atoms with Crippen LogP contribution in [0.3, 0.4) is 0 Å². The van der Waals surface area contributed by atoms with Crippen LogP contribution < -0.4 is 9.80 Å². The fourth-order valence-corrected chi connectivity index (χ4v) is 19.1. The first-order valence-electron chi connectivity index (χ1n) is 36.3. The van der Waals surface area contributed by atoms with Crippen LogP contribution in [0, 0.1) is 0 Å². The molecule has 19 aromatic rings. The van der Waals surface area contributed by atoms with E-state index in [0.717, 1.165) is 106 Å². The van der Waals surface area contributed by atoms with E-state index in [2.05, 4.69) is 384 Å². The quantitative estimate of drug-likeness (QED) is 0.144. The monoisotopic (exact) mass is 1340 g/mol. The Morgan fingerprint density at radius 1 is 0.248 bits per heavy atom. The number of nitrogens with zero attached hydrogens (tertiary/aromatic N) is 3. The van der Waals surface area contributed by atoms with Crippen LogP contribution in [-0.2, 0) is 10.8 Å². The summed E-state index contributed by atoms with van der Waals surface area (Å²) in [5, 5.41) is 6.97. The van der Waals surface area contributed by atoms with Crippen molar-refractivity contribution in [3.63, 3.8) is 0 Å². The van der Waals surface area contributed by atoms with Crippen molar-refractivity contribution < 1.29 is 8.83 Å². The van der Waals surface area contributed by atoms with Gasteiger partial charge in [-0.3, -0.25) is 0 Å². The van der Waals surface area contributed by atoms with Crippen LogP contribution in [-0.4, -0.2) is 4.57 Å². The molecule has 2 spiro atoms. The summed E-state index contributed by atoms with van der Waals surface area (Å²) in [5.74, 6) is 1.91. The van der Waals surface area contributed by atoms with Gasteiger partial charge in [-0.25, -0.2) is 0 Å². The predicted octanol–water partition coefficient (Wildman–Crippen LogP) is 26.4. The van der Waals surface area contributed by atoms with Crippen LogP contribution in [0.25, 0.3) is 127 Å². The zero-order valence-corrected chi connectivity index (χ0v) is 56.9. The first-order valence-corrected chi connectivity index (χ1v) is 36.3. The summed E-state index contributed by atoms with van der Waals surface area (Å²) in [4.78, 5) is 4.79. The largest absolute Gasteiger partial charge is 0.459 e. The van der Waals surface area contributed by atoms with Gasteiger partial charge in [0.1, 0.15) is 28.1 Å². The van der Waals surface area contributed by atoms with Gasteiger partial charge in [0.05, 0.1) is 16.4 Å². The van der Waals surface area contributed by atoms with E-state index in [9.17, 15) is 0 Å². The molecule has 488 valence electrons. The van der Waals surface area contributed by atoms with E-state index in [4.69, 9.17) is 8.83 Å². The van der Waals surface area contributed by atoms with Crippen LogP contribution in [0.5, 0.6) is 0 Å². The molecule has 0 unspecified atom stereocenters. The highest BCUT2D eigenvalue weighted by Gasteiger charge is 2.57. The molecule has 105 heavy (non-hydrogen) atoms. The van der Waals surface area contributed by atoms with Crippen molar-refractivity contribution in [1.82, 2.24) is 4.57 Å². The number of anilines is 6. The van der Waals surface area contributed by atoms with Crippen molar-refractivity contribution in [1.29, 1.82) is 0 Å². The molecule has 0 saturated carbocycles. The molecule has 16 aromatic carbocycles. The third-order valence-corrected chi connectivity index (χ3v) is 23.3. The van der Waals surface area contributed by atoms with Crippen molar-refractivity contribution in [3.05, 3.63) is 415 Å². The molecule has 5 heteroatoms. The lowest BCUT2D eigenvalue weighted by molar-refractivity contribution is 0.507. The maximum Gasteiger partial charge on any atom is 0.140 e. The van der Waals surface area contributed by atoms with E-state index in [0.29, 0.717) is 0 Å². The van der Waals surface area contributed by atoms with Gasteiger partial charge in [0.2, 0.25) is 0 Å². The van der Waals surface area contributed by atoms with Crippen molar-refractivity contribution in [2.45, 2.75) is 10.8 Å². The Kier molecular flexibility index (Phi) is 12.1. The molecule has 0 amide bonds. The summed E-state index contributed by atoms with van der Waals surface area (Å²) in [6.45, 7) is 0. The number of rotatable bonds is 9. The van der Waals surface area contributed by atoms with Gasteiger partial charge >= 0.3 is 0 Å². The zero-order valence-electron chi connectivity index (χ0n) is 56.9. The Hall–Kier alpha value is -13.7. The highest BCUT2D eigenvalue weighted by Crippen LogP contribution is 2.68. The second-order valence-electron chi connectivity index (χ2n) is 28.5. The Morgan fingerprint density at radius 3 is 1.43 bits per heavy atom. The standard InChI is InChI=1S/C100H61N3O2/c1-4-23-67(24-5-1)101(73-53-56-91-83(60-73)79-33-14-20-41-90(79)103(91)69-27-8-3-9-28-69)70-49-45-62(46-50-70)74-35-22-36-82-95(74)100(87-39-18-12-31-77(87)78-32-13-19-40-88(78)100)96-81-54-48-66(59-93(81)104-97(82)96)63-43-44-65-58-71(51-47-64(65)57-63)102(68-25-6-2-7-26-68)72-52-55-89-84(61-72)94-80-34-15-21-42-92(80)105-98(94)99(89)85-37-16-10-29-75(85)76-30-11-17-38-86(76)99/h1-61H. The first kappa shape index (κ1) is 58.0. The summed E-state index contributed by atoms with van der Waals surface area (Å²) in [7, 11) is 0.